The molecule has 102 valence electrons. The molecule has 0 atom stereocenters. The number of nitrogens with zero attached hydrogens (tertiary/aromatic N) is 5. The van der Waals surface area contributed by atoms with Gasteiger partial charge in [-0.15, -0.1) is 10.2 Å². The Hall–Kier alpha value is -2.65. The van der Waals surface area contributed by atoms with Crippen molar-refractivity contribution in [3.8, 4) is 23.0 Å². The molecule has 0 aliphatic rings. The maximum Gasteiger partial charge on any atom is 0.120 e. The molecule has 0 unspecified atom stereocenters. The highest BCUT2D eigenvalue weighted by Gasteiger charge is 2.03. The predicted octanol–water partition coefficient (Wildman–Crippen LogP) is 2.94. The van der Waals surface area contributed by atoms with Crippen molar-refractivity contribution in [3.05, 3.63) is 54.9 Å². The van der Waals surface area contributed by atoms with Crippen LogP contribution in [-0.4, -0.2) is 25.7 Å². The SMILES string of the molecule is N#CCSc1ccc(-c2ccc(-n3cccn3)cc2)nn1. The van der Waals surface area contributed by atoms with Gasteiger partial charge < -0.3 is 0 Å². The number of hydrogen-bond donors (Lipinski definition) is 0. The van der Waals surface area contributed by atoms with Gasteiger partial charge in [0, 0.05) is 18.0 Å². The lowest BCUT2D eigenvalue weighted by atomic mass is 10.1. The molecule has 0 saturated carbocycles. The van der Waals surface area contributed by atoms with Crippen LogP contribution >= 0.6 is 11.8 Å². The maximum atomic E-state index is 8.54. The lowest BCUT2D eigenvalue weighted by molar-refractivity contribution is 0.880. The Morgan fingerprint density at radius 2 is 1.95 bits per heavy atom. The Morgan fingerprint density at radius 3 is 2.57 bits per heavy atom. The van der Waals surface area contributed by atoms with E-state index in [1.807, 2.05) is 48.7 Å². The minimum absolute atomic E-state index is 0.382. The summed E-state index contributed by atoms with van der Waals surface area (Å²) in [7, 11) is 0. The number of thioether (sulfide) groups is 1. The highest BCUT2D eigenvalue weighted by molar-refractivity contribution is 7.99. The second-order valence-corrected chi connectivity index (χ2v) is 5.20. The molecule has 0 spiro atoms. The normalized spacial score (nSPS) is 10.2. The molecule has 0 N–H and O–H groups in total. The van der Waals surface area contributed by atoms with Gasteiger partial charge in [-0.25, -0.2) is 4.68 Å². The molecule has 21 heavy (non-hydrogen) atoms. The van der Waals surface area contributed by atoms with E-state index in [1.165, 1.54) is 11.8 Å². The second-order valence-electron chi connectivity index (χ2n) is 4.20. The summed E-state index contributed by atoms with van der Waals surface area (Å²) in [5.74, 6) is 0.382. The van der Waals surface area contributed by atoms with Crippen LogP contribution in [0.1, 0.15) is 0 Å². The molecule has 0 aliphatic heterocycles. The summed E-state index contributed by atoms with van der Waals surface area (Å²) in [6.07, 6.45) is 3.65. The minimum Gasteiger partial charge on any atom is -0.241 e. The fourth-order valence-electron chi connectivity index (χ4n) is 1.86. The molecule has 0 fully saturated rings. The van der Waals surface area contributed by atoms with Crippen molar-refractivity contribution in [3.63, 3.8) is 0 Å². The second kappa shape index (κ2) is 6.20. The van der Waals surface area contributed by atoms with Gasteiger partial charge in [-0.05, 0) is 30.3 Å². The summed E-state index contributed by atoms with van der Waals surface area (Å²) in [4.78, 5) is 0. The van der Waals surface area contributed by atoms with Gasteiger partial charge in [0.25, 0.3) is 0 Å². The monoisotopic (exact) mass is 293 g/mol. The van der Waals surface area contributed by atoms with E-state index in [2.05, 4.69) is 21.4 Å². The van der Waals surface area contributed by atoms with E-state index in [-0.39, 0.29) is 0 Å². The first kappa shape index (κ1) is 13.3. The summed E-state index contributed by atoms with van der Waals surface area (Å²) in [5, 5.41) is 21.8. The Bertz CT molecular complexity index is 742. The Kier molecular flexibility index (Phi) is 3.94. The zero-order valence-corrected chi connectivity index (χ0v) is 11.9. The summed E-state index contributed by atoms with van der Waals surface area (Å²) >= 11 is 1.38. The third-order valence-electron chi connectivity index (χ3n) is 2.86. The van der Waals surface area contributed by atoms with Gasteiger partial charge in [-0.3, -0.25) is 0 Å². The van der Waals surface area contributed by atoms with Crippen LogP contribution in [0.25, 0.3) is 16.9 Å². The van der Waals surface area contributed by atoms with Gasteiger partial charge >= 0.3 is 0 Å². The van der Waals surface area contributed by atoms with Crippen molar-refractivity contribution in [1.29, 1.82) is 5.26 Å². The highest BCUT2D eigenvalue weighted by Crippen LogP contribution is 2.20. The third kappa shape index (κ3) is 3.09. The van der Waals surface area contributed by atoms with Crippen LogP contribution < -0.4 is 0 Å². The smallest absolute Gasteiger partial charge is 0.120 e. The van der Waals surface area contributed by atoms with Crippen molar-refractivity contribution in [1.82, 2.24) is 20.0 Å². The van der Waals surface area contributed by atoms with Crippen LogP contribution in [0.5, 0.6) is 0 Å². The molecular weight excluding hydrogens is 282 g/mol. The minimum atomic E-state index is 0.382. The third-order valence-corrected chi connectivity index (χ3v) is 3.64. The molecule has 0 saturated heterocycles. The van der Waals surface area contributed by atoms with Gasteiger partial charge in [-0.2, -0.15) is 10.4 Å². The molecule has 2 aromatic heterocycles. The molecule has 0 amide bonds. The molecule has 6 heteroatoms. The number of aromatic nitrogens is 4. The van der Waals surface area contributed by atoms with E-state index in [1.54, 1.807) is 10.9 Å². The first-order chi connectivity index (χ1) is 10.4. The maximum absolute atomic E-state index is 8.54. The van der Waals surface area contributed by atoms with E-state index in [0.29, 0.717) is 5.75 Å². The molecule has 1 aromatic carbocycles. The molecule has 2 heterocycles. The topological polar surface area (TPSA) is 67.4 Å². The van der Waals surface area contributed by atoms with Gasteiger partial charge in [0.05, 0.1) is 23.2 Å². The van der Waals surface area contributed by atoms with Crippen molar-refractivity contribution in [2.75, 3.05) is 5.75 Å². The summed E-state index contributed by atoms with van der Waals surface area (Å²) in [6, 6.07) is 15.7. The molecule has 0 aliphatic carbocycles. The van der Waals surface area contributed by atoms with Crippen LogP contribution in [-0.2, 0) is 0 Å². The summed E-state index contributed by atoms with van der Waals surface area (Å²) in [6.45, 7) is 0. The fourth-order valence-corrected chi connectivity index (χ4v) is 2.34. The molecule has 0 radical (unpaired) electrons. The van der Waals surface area contributed by atoms with Crippen LogP contribution in [0.2, 0.25) is 0 Å². The standard InChI is InChI=1S/C15H11N5S/c16-8-11-21-15-7-6-14(18-19-15)12-2-4-13(5-3-12)20-10-1-9-17-20/h1-7,9-10H,11H2. The Morgan fingerprint density at radius 1 is 1.10 bits per heavy atom. The zero-order valence-electron chi connectivity index (χ0n) is 11.0. The first-order valence-corrected chi connectivity index (χ1v) is 7.29. The van der Waals surface area contributed by atoms with E-state index in [4.69, 9.17) is 5.26 Å². The molecule has 0 bridgehead atoms. The van der Waals surface area contributed by atoms with Gasteiger partial charge in [0.15, 0.2) is 0 Å². The van der Waals surface area contributed by atoms with E-state index in [9.17, 15) is 0 Å². The largest absolute Gasteiger partial charge is 0.241 e. The van der Waals surface area contributed by atoms with Gasteiger partial charge in [0.2, 0.25) is 0 Å². The summed E-state index contributed by atoms with van der Waals surface area (Å²) < 4.78 is 1.80. The van der Waals surface area contributed by atoms with Gasteiger partial charge in [0.1, 0.15) is 5.03 Å². The highest BCUT2D eigenvalue weighted by atomic mass is 32.2. The molecule has 3 rings (SSSR count). The van der Waals surface area contributed by atoms with E-state index >= 15 is 0 Å². The lowest BCUT2D eigenvalue weighted by Gasteiger charge is -2.04. The van der Waals surface area contributed by atoms with Crippen molar-refractivity contribution in [2.45, 2.75) is 5.03 Å². The predicted molar refractivity (Wildman–Crippen MR) is 80.9 cm³/mol. The zero-order chi connectivity index (χ0) is 14.5. The van der Waals surface area contributed by atoms with E-state index < -0.39 is 0 Å². The Balaban J connectivity index is 1.79. The quantitative estimate of drug-likeness (QED) is 0.692. The summed E-state index contributed by atoms with van der Waals surface area (Å²) in [5.41, 5.74) is 2.80. The van der Waals surface area contributed by atoms with Crippen molar-refractivity contribution in [2.24, 2.45) is 0 Å². The average molecular weight is 293 g/mol. The van der Waals surface area contributed by atoms with E-state index in [0.717, 1.165) is 22.0 Å². The number of benzene rings is 1. The van der Waals surface area contributed by atoms with Gasteiger partial charge in [-0.1, -0.05) is 23.9 Å². The van der Waals surface area contributed by atoms with Crippen LogP contribution in [0, 0.1) is 11.3 Å². The fraction of sp³-hybridized carbons (Fsp3) is 0.0667. The molecular formula is C15H11N5S. The number of rotatable bonds is 4. The van der Waals surface area contributed by atoms with Crippen LogP contribution in [0.3, 0.4) is 0 Å². The average Bonchev–Trinajstić information content (AvgIpc) is 3.08. The lowest BCUT2D eigenvalue weighted by Crippen LogP contribution is -1.94. The van der Waals surface area contributed by atoms with Crippen molar-refractivity contribution >= 4 is 11.8 Å². The number of hydrogen-bond acceptors (Lipinski definition) is 5. The number of nitriles is 1. The Labute approximate surface area is 126 Å². The molecule has 5 nitrogen and oxygen atoms in total. The first-order valence-electron chi connectivity index (χ1n) is 6.31. The van der Waals surface area contributed by atoms with Crippen LogP contribution in [0.4, 0.5) is 0 Å². The molecule has 3 aromatic rings. The van der Waals surface area contributed by atoms with Crippen molar-refractivity contribution < 1.29 is 0 Å². The van der Waals surface area contributed by atoms with Crippen LogP contribution in [0.15, 0.2) is 59.9 Å².